The van der Waals surface area contributed by atoms with E-state index in [-0.39, 0.29) is 0 Å². The molecule has 186 valence electrons. The molecule has 3 rings (SSSR count). The standard InChI is InChI=1S/C16H11N3O13S3/c20-11-5-8(33(24,25)26)4-9-15(11)12(21)6-14(35(30,31)32)16(9)18-17-10-2-1-7(19(22)23)3-13(10)34(27,28)29/h1-6,20-21H,(H,24,25,26)(H,27,28,29)(H,30,31,32). The lowest BCUT2D eigenvalue weighted by Crippen LogP contribution is -2.01. The Hall–Kier alpha value is -3.75. The lowest BCUT2D eigenvalue weighted by atomic mass is 10.1. The number of azo groups is 1. The molecule has 0 saturated carbocycles. The van der Waals surface area contributed by atoms with Gasteiger partial charge in [-0.1, -0.05) is 0 Å². The van der Waals surface area contributed by atoms with Crippen molar-refractivity contribution in [1.29, 1.82) is 0 Å². The van der Waals surface area contributed by atoms with Crippen LogP contribution in [0.1, 0.15) is 0 Å². The number of non-ortho nitro benzene ring substituents is 1. The van der Waals surface area contributed by atoms with Crippen LogP contribution < -0.4 is 0 Å². The van der Waals surface area contributed by atoms with Crippen LogP contribution in [0, 0.1) is 10.1 Å². The Morgan fingerprint density at radius 1 is 0.743 bits per heavy atom. The van der Waals surface area contributed by atoms with Crippen LogP contribution in [0.3, 0.4) is 0 Å². The maximum absolute atomic E-state index is 11.9. The minimum absolute atomic E-state index is 0.415. The van der Waals surface area contributed by atoms with E-state index in [1.54, 1.807) is 0 Å². The molecule has 0 fully saturated rings. The fourth-order valence-corrected chi connectivity index (χ4v) is 4.74. The largest absolute Gasteiger partial charge is 0.507 e. The zero-order chi connectivity index (χ0) is 26.5. The van der Waals surface area contributed by atoms with Gasteiger partial charge in [-0.25, -0.2) is 0 Å². The van der Waals surface area contributed by atoms with Gasteiger partial charge in [-0.3, -0.25) is 23.8 Å². The van der Waals surface area contributed by atoms with E-state index < -0.39 is 89.3 Å². The number of phenolic OH excluding ortho intramolecular Hbond substituents is 2. The first-order chi connectivity index (χ1) is 15.9. The molecule has 0 aliphatic heterocycles. The normalized spacial score (nSPS) is 12.9. The summed E-state index contributed by atoms with van der Waals surface area (Å²) in [5, 5.41) is 36.8. The fourth-order valence-electron chi connectivity index (χ4n) is 2.91. The van der Waals surface area contributed by atoms with Crippen molar-refractivity contribution in [2.75, 3.05) is 0 Å². The number of nitrogens with zero attached hydrogens (tertiary/aromatic N) is 3. The molecule has 16 nitrogen and oxygen atoms in total. The average Bonchev–Trinajstić information content (AvgIpc) is 2.70. The van der Waals surface area contributed by atoms with Crippen molar-refractivity contribution in [2.45, 2.75) is 14.7 Å². The van der Waals surface area contributed by atoms with Gasteiger partial charge in [-0.15, -0.1) is 10.2 Å². The third kappa shape index (κ3) is 5.18. The number of phenols is 2. The smallest absolute Gasteiger partial charge is 0.297 e. The van der Waals surface area contributed by atoms with E-state index >= 15 is 0 Å². The highest BCUT2D eigenvalue weighted by atomic mass is 32.2. The number of nitro benzene ring substituents is 1. The molecule has 3 aromatic carbocycles. The van der Waals surface area contributed by atoms with Crippen molar-refractivity contribution in [2.24, 2.45) is 10.2 Å². The molecule has 3 aromatic rings. The monoisotopic (exact) mass is 549 g/mol. The molecule has 0 bridgehead atoms. The summed E-state index contributed by atoms with van der Waals surface area (Å²) in [6.45, 7) is 0. The topological polar surface area (TPSA) is 271 Å². The number of hydrogen-bond donors (Lipinski definition) is 5. The van der Waals surface area contributed by atoms with Gasteiger partial charge in [0.2, 0.25) is 0 Å². The summed E-state index contributed by atoms with van der Waals surface area (Å²) in [6.07, 6.45) is 0. The Morgan fingerprint density at radius 2 is 1.31 bits per heavy atom. The van der Waals surface area contributed by atoms with Gasteiger partial charge in [0.1, 0.15) is 32.7 Å². The average molecular weight is 549 g/mol. The molecule has 0 aliphatic rings. The summed E-state index contributed by atoms with van der Waals surface area (Å²) in [5.41, 5.74) is -2.47. The van der Waals surface area contributed by atoms with Crippen LogP contribution in [0.4, 0.5) is 17.1 Å². The van der Waals surface area contributed by atoms with E-state index in [1.165, 1.54) is 0 Å². The maximum Gasteiger partial charge on any atom is 0.297 e. The number of nitro groups is 1. The summed E-state index contributed by atoms with van der Waals surface area (Å²) in [4.78, 5) is 6.64. The highest BCUT2D eigenvalue weighted by molar-refractivity contribution is 7.86. The Kier molecular flexibility index (Phi) is 6.27. The van der Waals surface area contributed by atoms with Crippen molar-refractivity contribution in [3.63, 3.8) is 0 Å². The SMILES string of the molecule is O=[N+]([O-])c1ccc(N=Nc2c(S(=O)(=O)O)cc(O)c3c(O)cc(S(=O)(=O)O)cc23)c(S(=O)(=O)O)c1. The van der Waals surface area contributed by atoms with E-state index in [9.17, 15) is 59.2 Å². The first kappa shape index (κ1) is 25.9. The molecule has 0 amide bonds. The number of fused-ring (bicyclic) bond motifs is 1. The first-order valence-electron chi connectivity index (χ1n) is 8.56. The Bertz CT molecular complexity index is 1760. The van der Waals surface area contributed by atoms with Crippen molar-refractivity contribution >= 4 is 58.2 Å². The molecule has 0 aromatic heterocycles. The lowest BCUT2D eigenvalue weighted by molar-refractivity contribution is -0.385. The zero-order valence-corrected chi connectivity index (χ0v) is 19.0. The first-order valence-corrected chi connectivity index (χ1v) is 12.9. The molecule has 0 radical (unpaired) electrons. The Morgan fingerprint density at radius 3 is 1.83 bits per heavy atom. The molecular weight excluding hydrogens is 538 g/mol. The number of benzene rings is 3. The molecule has 19 heteroatoms. The quantitative estimate of drug-likeness (QED) is 0.128. The van der Waals surface area contributed by atoms with E-state index in [4.69, 9.17) is 0 Å². The highest BCUT2D eigenvalue weighted by Gasteiger charge is 2.26. The third-order valence-electron chi connectivity index (χ3n) is 4.37. The summed E-state index contributed by atoms with van der Waals surface area (Å²) in [6, 6.07) is 3.40. The van der Waals surface area contributed by atoms with E-state index in [1.807, 2.05) is 0 Å². The van der Waals surface area contributed by atoms with Crippen LogP contribution >= 0.6 is 0 Å². The number of aromatic hydroxyl groups is 2. The van der Waals surface area contributed by atoms with Crippen LogP contribution in [-0.2, 0) is 30.4 Å². The molecule has 5 N–H and O–H groups in total. The number of rotatable bonds is 6. The third-order valence-corrected chi connectivity index (χ3v) is 6.95. The molecule has 35 heavy (non-hydrogen) atoms. The molecular formula is C16H11N3O13S3. The minimum atomic E-state index is -5.23. The summed E-state index contributed by atoms with van der Waals surface area (Å²) in [5.74, 6) is -1.94. The maximum atomic E-state index is 11.9. The van der Waals surface area contributed by atoms with Gasteiger partial charge in [0, 0.05) is 29.7 Å². The van der Waals surface area contributed by atoms with Gasteiger partial charge in [0.15, 0.2) is 0 Å². The van der Waals surface area contributed by atoms with Gasteiger partial charge in [0.05, 0.1) is 15.2 Å². The van der Waals surface area contributed by atoms with Gasteiger partial charge in [-0.2, -0.15) is 25.3 Å². The van der Waals surface area contributed by atoms with Crippen LogP contribution in [0.15, 0.2) is 61.3 Å². The molecule has 0 atom stereocenters. The van der Waals surface area contributed by atoms with Gasteiger partial charge >= 0.3 is 0 Å². The van der Waals surface area contributed by atoms with Gasteiger partial charge in [0.25, 0.3) is 36.0 Å². The van der Waals surface area contributed by atoms with E-state index in [0.717, 1.165) is 12.1 Å². The van der Waals surface area contributed by atoms with Crippen molar-refractivity contribution in [3.8, 4) is 11.5 Å². The summed E-state index contributed by atoms with van der Waals surface area (Å²) < 4.78 is 98.4. The van der Waals surface area contributed by atoms with Crippen LogP contribution in [0.25, 0.3) is 10.8 Å². The van der Waals surface area contributed by atoms with Gasteiger partial charge < -0.3 is 10.2 Å². The summed E-state index contributed by atoms with van der Waals surface area (Å²) in [7, 11) is -15.4. The second-order valence-electron chi connectivity index (χ2n) is 6.64. The van der Waals surface area contributed by atoms with Crippen LogP contribution in [-0.4, -0.2) is 54.0 Å². The van der Waals surface area contributed by atoms with Crippen LogP contribution in [0.2, 0.25) is 0 Å². The Labute approximate surface area is 195 Å². The predicted octanol–water partition coefficient (Wildman–Crippen LogP) is 2.31. The highest BCUT2D eigenvalue weighted by Crippen LogP contribution is 2.44. The second-order valence-corrected chi connectivity index (χ2v) is 10.8. The van der Waals surface area contributed by atoms with Crippen molar-refractivity contribution < 1.29 is 54.0 Å². The molecule has 0 saturated heterocycles. The summed E-state index contributed by atoms with van der Waals surface area (Å²) >= 11 is 0. The number of hydrogen-bond acceptors (Lipinski definition) is 12. The molecule has 0 aliphatic carbocycles. The second kappa shape index (κ2) is 8.48. The van der Waals surface area contributed by atoms with Crippen molar-refractivity contribution in [3.05, 3.63) is 46.5 Å². The lowest BCUT2D eigenvalue weighted by Gasteiger charge is -2.11. The Balaban J connectivity index is 2.45. The van der Waals surface area contributed by atoms with Gasteiger partial charge in [-0.05, 0) is 12.1 Å². The van der Waals surface area contributed by atoms with Crippen LogP contribution in [0.5, 0.6) is 11.5 Å². The zero-order valence-electron chi connectivity index (χ0n) is 16.5. The molecule has 0 spiro atoms. The molecule has 0 unspecified atom stereocenters. The molecule has 0 heterocycles. The fraction of sp³-hybridized carbons (Fsp3) is 0. The van der Waals surface area contributed by atoms with E-state index in [0.29, 0.717) is 24.3 Å². The van der Waals surface area contributed by atoms with Crippen molar-refractivity contribution in [1.82, 2.24) is 0 Å². The minimum Gasteiger partial charge on any atom is -0.507 e. The predicted molar refractivity (Wildman–Crippen MR) is 114 cm³/mol. The van der Waals surface area contributed by atoms with E-state index in [2.05, 4.69) is 10.2 Å².